The molecule has 49 heavy (non-hydrogen) atoms. The smallest absolute Gasteiger partial charge is 0.164 e. The van der Waals surface area contributed by atoms with Gasteiger partial charge in [-0.2, -0.15) is 0 Å². The van der Waals surface area contributed by atoms with Gasteiger partial charge >= 0.3 is 0 Å². The number of hydrogen-bond acceptors (Lipinski definition) is 4. The fourth-order valence-corrected chi connectivity index (χ4v) is 8.46. The van der Waals surface area contributed by atoms with Gasteiger partial charge < -0.3 is 0 Å². The summed E-state index contributed by atoms with van der Waals surface area (Å²) in [5, 5.41) is 10.1. The van der Waals surface area contributed by atoms with Crippen molar-refractivity contribution in [2.45, 2.75) is 0 Å². The van der Waals surface area contributed by atoms with Gasteiger partial charge in [-0.3, -0.25) is 0 Å². The molecule has 0 spiro atoms. The summed E-state index contributed by atoms with van der Waals surface area (Å²) in [6.45, 7) is 0. The van der Waals surface area contributed by atoms with Crippen LogP contribution in [0.1, 0.15) is 0 Å². The van der Waals surface area contributed by atoms with Gasteiger partial charge in [-0.1, -0.05) is 146 Å². The van der Waals surface area contributed by atoms with E-state index in [0.717, 1.165) is 22.1 Å². The standard InChI is InChI=1S/C45H27N3S/c1-3-12-28(13-4-1)43-46-44(29-14-5-2-6-15-29)48-45(47-43)32-23-24-33-30(26-32)16-11-20-34(33)39-27-31-22-25-38-36-18-9-10-21-40(36)49-42(38)41(31)37-19-8-7-17-35(37)39/h1-27H. The summed E-state index contributed by atoms with van der Waals surface area (Å²) < 4.78 is 2.68. The third-order valence-corrected chi connectivity index (χ3v) is 10.7. The van der Waals surface area contributed by atoms with E-state index in [1.54, 1.807) is 0 Å². The topological polar surface area (TPSA) is 38.7 Å². The highest BCUT2D eigenvalue weighted by molar-refractivity contribution is 7.26. The van der Waals surface area contributed by atoms with Gasteiger partial charge in [0.1, 0.15) is 0 Å². The van der Waals surface area contributed by atoms with Crippen LogP contribution in [0.15, 0.2) is 164 Å². The van der Waals surface area contributed by atoms with Crippen molar-refractivity contribution < 1.29 is 0 Å². The first-order valence-corrected chi connectivity index (χ1v) is 17.3. The number of rotatable bonds is 4. The molecule has 2 heterocycles. The highest BCUT2D eigenvalue weighted by Crippen LogP contribution is 2.44. The lowest BCUT2D eigenvalue weighted by Crippen LogP contribution is -2.00. The zero-order valence-electron chi connectivity index (χ0n) is 26.3. The zero-order valence-corrected chi connectivity index (χ0v) is 27.2. The third-order valence-electron chi connectivity index (χ3n) is 9.49. The molecule has 0 saturated heterocycles. The Hall–Kier alpha value is -6.23. The number of aromatic nitrogens is 3. The second kappa shape index (κ2) is 11.2. The highest BCUT2D eigenvalue weighted by Gasteiger charge is 2.17. The molecule has 3 nitrogen and oxygen atoms in total. The summed E-state index contributed by atoms with van der Waals surface area (Å²) in [7, 11) is 0. The molecular formula is C45H27N3S. The fraction of sp³-hybridized carbons (Fsp3) is 0. The molecule has 0 saturated carbocycles. The summed E-state index contributed by atoms with van der Waals surface area (Å²) in [4.78, 5) is 14.8. The van der Waals surface area contributed by atoms with Gasteiger partial charge in [0.05, 0.1) is 0 Å². The molecule has 10 rings (SSSR count). The summed E-state index contributed by atoms with van der Waals surface area (Å²) in [5.41, 5.74) is 5.32. The number of fused-ring (bicyclic) bond motifs is 8. The van der Waals surface area contributed by atoms with Crippen LogP contribution in [0.25, 0.3) is 97.8 Å². The first-order chi connectivity index (χ1) is 24.3. The Balaban J connectivity index is 1.16. The van der Waals surface area contributed by atoms with Crippen LogP contribution in [-0.2, 0) is 0 Å². The van der Waals surface area contributed by atoms with Crippen LogP contribution < -0.4 is 0 Å². The quantitative estimate of drug-likeness (QED) is 0.180. The van der Waals surface area contributed by atoms with E-state index in [1.807, 2.05) is 72.0 Å². The number of hydrogen-bond donors (Lipinski definition) is 0. The van der Waals surface area contributed by atoms with Crippen LogP contribution in [-0.4, -0.2) is 15.0 Å². The summed E-state index contributed by atoms with van der Waals surface area (Å²) in [6.07, 6.45) is 0. The molecule has 0 amide bonds. The largest absolute Gasteiger partial charge is 0.208 e. The predicted octanol–water partition coefficient (Wildman–Crippen LogP) is 12.4. The lowest BCUT2D eigenvalue weighted by Gasteiger charge is -2.14. The molecule has 0 bridgehead atoms. The van der Waals surface area contributed by atoms with Crippen molar-refractivity contribution in [3.8, 4) is 45.3 Å². The maximum atomic E-state index is 4.98. The van der Waals surface area contributed by atoms with E-state index in [1.165, 1.54) is 58.2 Å². The van der Waals surface area contributed by atoms with Crippen molar-refractivity contribution in [1.29, 1.82) is 0 Å². The summed E-state index contributed by atoms with van der Waals surface area (Å²) in [6, 6.07) is 58.0. The van der Waals surface area contributed by atoms with Gasteiger partial charge in [0.2, 0.25) is 0 Å². The highest BCUT2D eigenvalue weighted by atomic mass is 32.1. The fourth-order valence-electron chi connectivity index (χ4n) is 7.19. The lowest BCUT2D eigenvalue weighted by molar-refractivity contribution is 1.07. The molecule has 0 N–H and O–H groups in total. The monoisotopic (exact) mass is 641 g/mol. The summed E-state index contributed by atoms with van der Waals surface area (Å²) in [5.74, 6) is 1.98. The molecular weight excluding hydrogens is 615 g/mol. The van der Waals surface area contributed by atoms with Gasteiger partial charge in [0.25, 0.3) is 0 Å². The molecule has 0 aliphatic carbocycles. The molecule has 10 aromatic rings. The Morgan fingerprint density at radius 3 is 1.69 bits per heavy atom. The van der Waals surface area contributed by atoms with Crippen LogP contribution in [0.2, 0.25) is 0 Å². The Morgan fingerprint density at radius 1 is 0.347 bits per heavy atom. The molecule has 0 unspecified atom stereocenters. The van der Waals surface area contributed by atoms with E-state index in [-0.39, 0.29) is 0 Å². The van der Waals surface area contributed by atoms with E-state index in [2.05, 4.69) is 103 Å². The van der Waals surface area contributed by atoms with Crippen molar-refractivity contribution in [3.63, 3.8) is 0 Å². The van der Waals surface area contributed by atoms with Crippen LogP contribution >= 0.6 is 11.3 Å². The molecule has 2 aromatic heterocycles. The first kappa shape index (κ1) is 27.8. The van der Waals surface area contributed by atoms with E-state index >= 15 is 0 Å². The molecule has 4 heteroatoms. The molecule has 0 atom stereocenters. The first-order valence-electron chi connectivity index (χ1n) is 16.4. The Bertz CT molecular complexity index is 2820. The Morgan fingerprint density at radius 2 is 0.959 bits per heavy atom. The maximum absolute atomic E-state index is 4.98. The average Bonchev–Trinajstić information content (AvgIpc) is 3.56. The van der Waals surface area contributed by atoms with E-state index in [4.69, 9.17) is 15.0 Å². The van der Waals surface area contributed by atoms with E-state index < -0.39 is 0 Å². The Kier molecular flexibility index (Phi) is 6.36. The second-order valence-electron chi connectivity index (χ2n) is 12.4. The lowest BCUT2D eigenvalue weighted by atomic mass is 9.90. The van der Waals surface area contributed by atoms with Crippen molar-refractivity contribution in [1.82, 2.24) is 15.0 Å². The zero-order chi connectivity index (χ0) is 32.3. The minimum Gasteiger partial charge on any atom is -0.208 e. The second-order valence-corrected chi connectivity index (χ2v) is 13.4. The van der Waals surface area contributed by atoms with Crippen molar-refractivity contribution in [2.24, 2.45) is 0 Å². The normalized spacial score (nSPS) is 11.7. The van der Waals surface area contributed by atoms with Gasteiger partial charge in [0, 0.05) is 42.2 Å². The van der Waals surface area contributed by atoms with Crippen LogP contribution in [0.4, 0.5) is 0 Å². The molecule has 0 fully saturated rings. The van der Waals surface area contributed by atoms with Crippen molar-refractivity contribution in [3.05, 3.63) is 164 Å². The van der Waals surface area contributed by atoms with Gasteiger partial charge in [0.15, 0.2) is 17.5 Å². The minimum atomic E-state index is 0.656. The minimum absolute atomic E-state index is 0.656. The van der Waals surface area contributed by atoms with Crippen LogP contribution in [0.5, 0.6) is 0 Å². The number of thiophene rings is 1. The third kappa shape index (κ3) is 4.61. The molecule has 0 aliphatic heterocycles. The van der Waals surface area contributed by atoms with Gasteiger partial charge in [-0.25, -0.2) is 15.0 Å². The molecule has 228 valence electrons. The molecule has 0 aliphatic rings. The van der Waals surface area contributed by atoms with Crippen LogP contribution in [0.3, 0.4) is 0 Å². The summed E-state index contributed by atoms with van der Waals surface area (Å²) >= 11 is 1.89. The van der Waals surface area contributed by atoms with Crippen molar-refractivity contribution in [2.75, 3.05) is 0 Å². The van der Waals surface area contributed by atoms with Gasteiger partial charge in [-0.15, -0.1) is 11.3 Å². The van der Waals surface area contributed by atoms with E-state index in [0.29, 0.717) is 17.5 Å². The van der Waals surface area contributed by atoms with Crippen LogP contribution in [0, 0.1) is 0 Å². The van der Waals surface area contributed by atoms with Crippen molar-refractivity contribution >= 4 is 63.8 Å². The number of benzene rings is 8. The van der Waals surface area contributed by atoms with E-state index in [9.17, 15) is 0 Å². The average molecular weight is 642 g/mol. The van der Waals surface area contributed by atoms with Gasteiger partial charge in [-0.05, 0) is 56.3 Å². The number of nitrogens with zero attached hydrogens (tertiary/aromatic N) is 3. The predicted molar refractivity (Wildman–Crippen MR) is 207 cm³/mol. The Labute approximate surface area is 286 Å². The SMILES string of the molecule is c1ccc(-c2nc(-c3ccccc3)nc(-c3ccc4c(-c5cc6ccc7c8ccccc8sc7c6c6ccccc56)cccc4c3)n2)cc1. The molecule has 0 radical (unpaired) electrons. The molecule has 8 aromatic carbocycles. The maximum Gasteiger partial charge on any atom is 0.164 e.